The molecule has 2 N–H and O–H groups in total. The Hall–Kier alpha value is -1.09. The molecule has 82 valence electrons. The summed E-state index contributed by atoms with van der Waals surface area (Å²) in [7, 11) is 0. The molecule has 2 nitrogen and oxygen atoms in total. The van der Waals surface area contributed by atoms with Gasteiger partial charge in [0.2, 0.25) is 0 Å². The van der Waals surface area contributed by atoms with Crippen LogP contribution in [0.15, 0.2) is 17.2 Å². The molecule has 0 bridgehead atoms. The smallest absolute Gasteiger partial charge is 0.0826 e. The Balaban J connectivity index is 3.11. The number of hydrogen-bond acceptors (Lipinski definition) is 3. The van der Waals surface area contributed by atoms with Crippen LogP contribution in [-0.2, 0) is 0 Å². The molecule has 0 aliphatic heterocycles. The van der Waals surface area contributed by atoms with Crippen molar-refractivity contribution in [2.45, 2.75) is 27.7 Å². The van der Waals surface area contributed by atoms with Gasteiger partial charge in [0.1, 0.15) is 0 Å². The first kappa shape index (κ1) is 12.0. The van der Waals surface area contributed by atoms with Gasteiger partial charge in [-0.15, -0.1) is 11.3 Å². The maximum atomic E-state index is 5.49. The lowest BCUT2D eigenvalue weighted by Crippen LogP contribution is -2.22. The molecule has 15 heavy (non-hydrogen) atoms. The van der Waals surface area contributed by atoms with Gasteiger partial charge < -0.3 is 5.73 Å². The van der Waals surface area contributed by atoms with Gasteiger partial charge in [-0.05, 0) is 18.4 Å². The minimum atomic E-state index is 0.207. The molecular weight excluding hydrogens is 204 g/mol. The minimum Gasteiger partial charge on any atom is -0.403 e. The van der Waals surface area contributed by atoms with Crippen molar-refractivity contribution < 1.29 is 0 Å². The molecule has 1 heterocycles. The number of allylic oxidation sites excluding steroid dienone is 2. The zero-order valence-electron chi connectivity index (χ0n) is 9.74. The molecule has 0 unspecified atom stereocenters. The van der Waals surface area contributed by atoms with Gasteiger partial charge in [0.15, 0.2) is 0 Å². The molecule has 0 atom stereocenters. The molecule has 0 amide bonds. The second-order valence-electron chi connectivity index (χ2n) is 4.53. The standard InChI is InChI=1S/C12H18N2S/c1-9(12(2,3)4)5-6-10-11(7-13)15-8-14-10/h5-8H,13H2,1-4H3/b9-5+,10-6+,11-7+. The maximum absolute atomic E-state index is 5.49. The third-order valence-electron chi connectivity index (χ3n) is 2.45. The normalized spacial score (nSPS) is 16.1. The lowest BCUT2D eigenvalue weighted by molar-refractivity contribution is 0.504. The first-order valence-corrected chi connectivity index (χ1v) is 5.83. The van der Waals surface area contributed by atoms with Gasteiger partial charge in [0.25, 0.3) is 0 Å². The van der Waals surface area contributed by atoms with Gasteiger partial charge in [0.05, 0.1) is 15.4 Å². The van der Waals surface area contributed by atoms with Crippen molar-refractivity contribution in [3.8, 4) is 0 Å². The van der Waals surface area contributed by atoms with Gasteiger partial charge in [-0.25, -0.2) is 4.98 Å². The topological polar surface area (TPSA) is 38.9 Å². The highest BCUT2D eigenvalue weighted by molar-refractivity contribution is 7.07. The van der Waals surface area contributed by atoms with Gasteiger partial charge in [0, 0.05) is 6.20 Å². The Bertz CT molecular complexity index is 461. The Morgan fingerprint density at radius 1 is 1.47 bits per heavy atom. The Kier molecular flexibility index (Phi) is 3.69. The fourth-order valence-corrected chi connectivity index (χ4v) is 1.57. The molecule has 3 heteroatoms. The molecule has 0 aromatic carbocycles. The van der Waals surface area contributed by atoms with E-state index in [0.29, 0.717) is 0 Å². The largest absolute Gasteiger partial charge is 0.403 e. The molecule has 0 aliphatic carbocycles. The van der Waals surface area contributed by atoms with Crippen LogP contribution in [-0.4, -0.2) is 4.98 Å². The molecule has 0 fully saturated rings. The fourth-order valence-electron chi connectivity index (χ4n) is 0.968. The number of nitrogens with two attached hydrogens (primary N) is 1. The third-order valence-corrected chi connectivity index (χ3v) is 3.26. The first-order valence-electron chi connectivity index (χ1n) is 4.95. The summed E-state index contributed by atoms with van der Waals surface area (Å²) in [6, 6.07) is 0. The molecule has 0 saturated heterocycles. The quantitative estimate of drug-likeness (QED) is 0.784. The number of aromatic nitrogens is 1. The van der Waals surface area contributed by atoms with E-state index in [4.69, 9.17) is 5.73 Å². The highest BCUT2D eigenvalue weighted by Gasteiger charge is 2.10. The molecule has 0 spiro atoms. The van der Waals surface area contributed by atoms with Crippen molar-refractivity contribution in [1.82, 2.24) is 4.98 Å². The van der Waals surface area contributed by atoms with E-state index in [1.165, 1.54) is 5.57 Å². The van der Waals surface area contributed by atoms with Crippen molar-refractivity contribution in [2.24, 2.45) is 11.1 Å². The van der Waals surface area contributed by atoms with E-state index in [-0.39, 0.29) is 5.41 Å². The van der Waals surface area contributed by atoms with E-state index in [1.54, 1.807) is 17.5 Å². The molecule has 0 radical (unpaired) electrons. The van der Waals surface area contributed by atoms with Crippen LogP contribution in [0.4, 0.5) is 0 Å². The second-order valence-corrected chi connectivity index (χ2v) is 5.42. The van der Waals surface area contributed by atoms with Crippen LogP contribution in [0.3, 0.4) is 0 Å². The van der Waals surface area contributed by atoms with E-state index in [9.17, 15) is 0 Å². The van der Waals surface area contributed by atoms with Crippen LogP contribution in [0, 0.1) is 5.41 Å². The molecular formula is C12H18N2S. The second kappa shape index (κ2) is 4.62. The monoisotopic (exact) mass is 222 g/mol. The average molecular weight is 222 g/mol. The van der Waals surface area contributed by atoms with E-state index in [0.717, 1.165) is 9.88 Å². The van der Waals surface area contributed by atoms with E-state index in [1.807, 2.05) is 11.6 Å². The molecule has 1 rings (SSSR count). The Morgan fingerprint density at radius 2 is 2.13 bits per heavy atom. The van der Waals surface area contributed by atoms with Crippen LogP contribution < -0.4 is 15.6 Å². The van der Waals surface area contributed by atoms with Gasteiger partial charge >= 0.3 is 0 Å². The fraction of sp³-hybridized carbons (Fsp3) is 0.417. The summed E-state index contributed by atoms with van der Waals surface area (Å²) in [6.07, 6.45) is 5.74. The molecule has 1 aromatic rings. The van der Waals surface area contributed by atoms with Crippen molar-refractivity contribution in [2.75, 3.05) is 0 Å². The summed E-state index contributed by atoms with van der Waals surface area (Å²) < 4.78 is 1.02. The van der Waals surface area contributed by atoms with Crippen molar-refractivity contribution in [1.29, 1.82) is 0 Å². The highest BCUT2D eigenvalue weighted by atomic mass is 32.1. The molecule has 0 saturated carbocycles. The predicted octanol–water partition coefficient (Wildman–Crippen LogP) is 1.61. The summed E-state index contributed by atoms with van der Waals surface area (Å²) >= 11 is 1.56. The van der Waals surface area contributed by atoms with Crippen molar-refractivity contribution >= 4 is 23.6 Å². The molecule has 1 aromatic heterocycles. The molecule has 0 aliphatic rings. The van der Waals surface area contributed by atoms with Crippen LogP contribution in [0.1, 0.15) is 27.7 Å². The maximum Gasteiger partial charge on any atom is 0.0826 e. The Morgan fingerprint density at radius 3 is 2.67 bits per heavy atom. The summed E-state index contributed by atoms with van der Waals surface area (Å²) in [5.41, 5.74) is 8.84. The highest BCUT2D eigenvalue weighted by Crippen LogP contribution is 2.23. The SMILES string of the molecule is C\C(=C/C=c1/ncs/c1=C/N)C(C)(C)C. The number of nitrogens with zero attached hydrogens (tertiary/aromatic N) is 1. The predicted molar refractivity (Wildman–Crippen MR) is 67.7 cm³/mol. The van der Waals surface area contributed by atoms with E-state index >= 15 is 0 Å². The zero-order valence-corrected chi connectivity index (χ0v) is 10.6. The van der Waals surface area contributed by atoms with Crippen LogP contribution in [0.5, 0.6) is 0 Å². The van der Waals surface area contributed by atoms with Crippen molar-refractivity contribution in [3.05, 3.63) is 27.0 Å². The van der Waals surface area contributed by atoms with Crippen LogP contribution in [0.2, 0.25) is 0 Å². The zero-order chi connectivity index (χ0) is 11.5. The summed E-state index contributed by atoms with van der Waals surface area (Å²) in [4.78, 5) is 4.25. The minimum absolute atomic E-state index is 0.207. The number of hydrogen-bond donors (Lipinski definition) is 1. The number of rotatable bonds is 1. The number of thiazole rings is 1. The van der Waals surface area contributed by atoms with E-state index in [2.05, 4.69) is 38.8 Å². The van der Waals surface area contributed by atoms with Crippen LogP contribution >= 0.6 is 11.3 Å². The van der Waals surface area contributed by atoms with Crippen LogP contribution in [0.25, 0.3) is 12.3 Å². The summed E-state index contributed by atoms with van der Waals surface area (Å²) in [5.74, 6) is 0. The van der Waals surface area contributed by atoms with Gasteiger partial charge in [-0.2, -0.15) is 0 Å². The lowest BCUT2D eigenvalue weighted by atomic mass is 9.87. The Labute approximate surface area is 94.8 Å². The summed E-state index contributed by atoms with van der Waals surface area (Å²) in [5, 5.41) is 0.950. The first-order chi connectivity index (χ1) is 6.95. The summed E-state index contributed by atoms with van der Waals surface area (Å²) in [6.45, 7) is 8.73. The van der Waals surface area contributed by atoms with Crippen molar-refractivity contribution in [3.63, 3.8) is 0 Å². The average Bonchev–Trinajstić information content (AvgIpc) is 2.59. The lowest BCUT2D eigenvalue weighted by Gasteiger charge is -2.18. The van der Waals surface area contributed by atoms with Gasteiger partial charge in [-0.1, -0.05) is 32.4 Å². The van der Waals surface area contributed by atoms with E-state index < -0.39 is 0 Å². The van der Waals surface area contributed by atoms with Gasteiger partial charge in [-0.3, -0.25) is 0 Å². The third kappa shape index (κ3) is 3.20.